The van der Waals surface area contributed by atoms with Gasteiger partial charge in [-0.15, -0.1) is 0 Å². The van der Waals surface area contributed by atoms with Crippen LogP contribution >= 0.6 is 0 Å². The number of nitrogens with one attached hydrogen (secondary N) is 2. The number of imidazole rings is 1. The molecule has 4 heterocycles. The van der Waals surface area contributed by atoms with Gasteiger partial charge in [-0.05, 0) is 37.4 Å². The van der Waals surface area contributed by atoms with Gasteiger partial charge >= 0.3 is 0 Å². The van der Waals surface area contributed by atoms with Crippen LogP contribution in [0.4, 0.5) is 11.4 Å². The Kier molecular flexibility index (Phi) is 4.65. The number of benzene rings is 2. The molecule has 1 saturated heterocycles. The highest BCUT2D eigenvalue weighted by Gasteiger charge is 2.32. The zero-order valence-electron chi connectivity index (χ0n) is 18.5. The van der Waals surface area contributed by atoms with Crippen molar-refractivity contribution >= 4 is 33.8 Å². The molecule has 2 aromatic carbocycles. The van der Waals surface area contributed by atoms with Crippen LogP contribution in [0.2, 0.25) is 0 Å². The van der Waals surface area contributed by atoms with E-state index in [1.54, 1.807) is 4.90 Å². The van der Waals surface area contributed by atoms with Crippen molar-refractivity contribution in [2.45, 2.75) is 0 Å². The lowest BCUT2D eigenvalue weighted by Gasteiger charge is -2.34. The van der Waals surface area contributed by atoms with Crippen LogP contribution < -0.4 is 19.3 Å². The minimum absolute atomic E-state index is 0.119. The Hall–Kier alpha value is -3.72. The summed E-state index contributed by atoms with van der Waals surface area (Å²) in [6, 6.07) is 11.8. The van der Waals surface area contributed by atoms with E-state index in [0.717, 1.165) is 48.6 Å². The molecule has 0 amide bonds. The fourth-order valence-electron chi connectivity index (χ4n) is 4.63. The molecule has 6 rings (SSSR count). The molecule has 0 spiro atoms. The highest BCUT2D eigenvalue weighted by molar-refractivity contribution is 6.30. The van der Waals surface area contributed by atoms with Gasteiger partial charge in [0.05, 0.1) is 23.2 Å². The maximum absolute atomic E-state index is 10.8. The van der Waals surface area contributed by atoms with Crippen LogP contribution in [0.25, 0.3) is 16.6 Å². The maximum Gasteiger partial charge on any atom is 0.163 e. The number of amidine groups is 1. The average molecular weight is 447 g/mol. The number of aromatic amines is 1. The van der Waals surface area contributed by atoms with Crippen molar-refractivity contribution in [1.82, 2.24) is 14.9 Å². The van der Waals surface area contributed by atoms with E-state index in [1.807, 2.05) is 24.3 Å². The number of aromatic nitrogens is 2. The van der Waals surface area contributed by atoms with Crippen LogP contribution in [0, 0.1) is 5.41 Å². The first-order chi connectivity index (χ1) is 16.1. The molecule has 0 atom stereocenters. The van der Waals surface area contributed by atoms with E-state index < -0.39 is 0 Å². The molecule has 0 aliphatic carbocycles. The predicted octanol–water partition coefficient (Wildman–Crippen LogP) is 2.85. The third-order valence-electron chi connectivity index (χ3n) is 6.51. The summed E-state index contributed by atoms with van der Waals surface area (Å²) in [7, 11) is 2.15. The smallest absolute Gasteiger partial charge is 0.163 e. The van der Waals surface area contributed by atoms with Crippen LogP contribution in [0.1, 0.15) is 5.82 Å². The maximum atomic E-state index is 10.8. The molecule has 0 unspecified atom stereocenters. The SMILES string of the molecule is CN1CCN(c2ccc3nc(C4=C(O)CN(c5ccc6c(c5)OCCO6)C4=N)[nH]c3c2)CC1. The lowest BCUT2D eigenvalue weighted by molar-refractivity contribution is 0.171. The van der Waals surface area contributed by atoms with Gasteiger partial charge in [-0.3, -0.25) is 5.41 Å². The summed E-state index contributed by atoms with van der Waals surface area (Å²) in [5, 5.41) is 19.5. The summed E-state index contributed by atoms with van der Waals surface area (Å²) < 4.78 is 11.3. The number of aliphatic hydroxyl groups is 1. The second-order valence-corrected chi connectivity index (χ2v) is 8.66. The molecule has 9 heteroatoms. The Morgan fingerprint density at radius 1 is 0.970 bits per heavy atom. The van der Waals surface area contributed by atoms with Crippen molar-refractivity contribution in [2.24, 2.45) is 0 Å². The van der Waals surface area contributed by atoms with E-state index in [-0.39, 0.29) is 18.1 Å². The van der Waals surface area contributed by atoms with Gasteiger partial charge in [-0.1, -0.05) is 0 Å². The van der Waals surface area contributed by atoms with Crippen LogP contribution in [-0.4, -0.2) is 78.8 Å². The van der Waals surface area contributed by atoms with Crippen LogP contribution in [0.3, 0.4) is 0 Å². The minimum atomic E-state index is 0.119. The predicted molar refractivity (Wildman–Crippen MR) is 128 cm³/mol. The number of H-pyrrole nitrogens is 1. The van der Waals surface area contributed by atoms with Crippen LogP contribution in [0.5, 0.6) is 11.5 Å². The Bertz CT molecular complexity index is 1270. The standard InChI is InChI=1S/C24H26N6O3/c1-28-6-8-29(9-7-28)15-2-4-17-18(12-15)27-24(26-17)22-19(31)14-30(23(22)25)16-3-5-20-21(13-16)33-11-10-32-20/h2-5,12-13,25,31H,6-11,14H2,1H3,(H,26,27). The normalized spacial score (nSPS) is 19.1. The molecule has 1 aromatic heterocycles. The largest absolute Gasteiger partial charge is 0.509 e. The lowest BCUT2D eigenvalue weighted by Crippen LogP contribution is -2.44. The first-order valence-corrected chi connectivity index (χ1v) is 11.2. The quantitative estimate of drug-likeness (QED) is 0.569. The first kappa shape index (κ1) is 19.9. The van der Waals surface area contributed by atoms with Gasteiger partial charge in [0, 0.05) is 43.6 Å². The molecule has 9 nitrogen and oxygen atoms in total. The van der Waals surface area contributed by atoms with E-state index >= 15 is 0 Å². The Morgan fingerprint density at radius 2 is 1.73 bits per heavy atom. The summed E-state index contributed by atoms with van der Waals surface area (Å²) >= 11 is 0. The van der Waals surface area contributed by atoms with Gasteiger partial charge in [0.2, 0.25) is 0 Å². The molecule has 0 bridgehead atoms. The summed E-state index contributed by atoms with van der Waals surface area (Å²) in [4.78, 5) is 14.5. The molecular formula is C24H26N6O3. The summed E-state index contributed by atoms with van der Waals surface area (Å²) in [5.41, 5.74) is 4.05. The highest BCUT2D eigenvalue weighted by atomic mass is 16.6. The molecule has 170 valence electrons. The van der Waals surface area contributed by atoms with Crippen molar-refractivity contribution in [3.8, 4) is 11.5 Å². The van der Waals surface area contributed by atoms with Crippen molar-refractivity contribution < 1.29 is 14.6 Å². The van der Waals surface area contributed by atoms with E-state index in [1.165, 1.54) is 0 Å². The van der Waals surface area contributed by atoms with Gasteiger partial charge in [-0.2, -0.15) is 0 Å². The Balaban J connectivity index is 1.28. The zero-order chi connectivity index (χ0) is 22.5. The van der Waals surface area contributed by atoms with Crippen molar-refractivity contribution in [3.05, 3.63) is 48.0 Å². The van der Waals surface area contributed by atoms with Gasteiger partial charge in [0.15, 0.2) is 11.5 Å². The number of rotatable bonds is 3. The number of likely N-dealkylation sites (N-methyl/N-ethyl adjacent to an activating group) is 1. The Morgan fingerprint density at radius 3 is 2.55 bits per heavy atom. The third-order valence-corrected chi connectivity index (χ3v) is 6.51. The van der Waals surface area contributed by atoms with E-state index in [9.17, 15) is 5.11 Å². The fourth-order valence-corrected chi connectivity index (χ4v) is 4.63. The molecular weight excluding hydrogens is 420 g/mol. The van der Waals surface area contributed by atoms with Gasteiger partial charge in [0.1, 0.15) is 30.6 Å². The summed E-state index contributed by atoms with van der Waals surface area (Å²) in [6.45, 7) is 5.30. The summed E-state index contributed by atoms with van der Waals surface area (Å²) in [5.74, 6) is 2.17. The van der Waals surface area contributed by atoms with Crippen molar-refractivity contribution in [1.29, 1.82) is 5.41 Å². The number of nitrogens with zero attached hydrogens (tertiary/aromatic N) is 4. The molecule has 3 aliphatic heterocycles. The number of aliphatic hydroxyl groups excluding tert-OH is 1. The second-order valence-electron chi connectivity index (χ2n) is 8.66. The van der Waals surface area contributed by atoms with Crippen LogP contribution in [-0.2, 0) is 0 Å². The molecule has 3 aromatic rings. The highest BCUT2D eigenvalue weighted by Crippen LogP contribution is 2.37. The number of piperazine rings is 1. The summed E-state index contributed by atoms with van der Waals surface area (Å²) in [6.07, 6.45) is 0. The zero-order valence-corrected chi connectivity index (χ0v) is 18.5. The van der Waals surface area contributed by atoms with Crippen molar-refractivity contribution in [2.75, 3.05) is 62.8 Å². The molecule has 3 N–H and O–H groups in total. The number of fused-ring (bicyclic) bond motifs is 2. The number of hydrogen-bond donors (Lipinski definition) is 3. The molecule has 33 heavy (non-hydrogen) atoms. The third kappa shape index (κ3) is 3.45. The minimum Gasteiger partial charge on any atom is -0.509 e. The first-order valence-electron chi connectivity index (χ1n) is 11.2. The van der Waals surface area contributed by atoms with Crippen LogP contribution in [0.15, 0.2) is 42.2 Å². The molecule has 0 radical (unpaired) electrons. The van der Waals surface area contributed by atoms with E-state index in [2.05, 4.69) is 38.9 Å². The fraction of sp³-hybridized carbons (Fsp3) is 0.333. The number of anilines is 2. The number of hydrogen-bond acceptors (Lipinski definition) is 7. The lowest BCUT2D eigenvalue weighted by atomic mass is 10.2. The molecule has 0 saturated carbocycles. The van der Waals surface area contributed by atoms with E-state index in [0.29, 0.717) is 36.1 Å². The average Bonchev–Trinajstić information content (AvgIpc) is 3.38. The second kappa shape index (κ2) is 7.70. The van der Waals surface area contributed by atoms with Crippen molar-refractivity contribution in [3.63, 3.8) is 0 Å². The monoisotopic (exact) mass is 446 g/mol. The number of ether oxygens (including phenoxy) is 2. The molecule has 1 fully saturated rings. The van der Waals surface area contributed by atoms with Gasteiger partial charge in [0.25, 0.3) is 0 Å². The molecule has 3 aliphatic rings. The Labute approximate surface area is 191 Å². The van der Waals surface area contributed by atoms with E-state index in [4.69, 9.17) is 14.9 Å². The van der Waals surface area contributed by atoms with Gasteiger partial charge in [-0.25, -0.2) is 4.98 Å². The topological polar surface area (TPSA) is 101 Å². The van der Waals surface area contributed by atoms with Gasteiger partial charge < -0.3 is 34.3 Å².